The zero-order valence-corrected chi connectivity index (χ0v) is 17.8. The number of methoxy groups -OCH3 is 1. The zero-order chi connectivity index (χ0) is 20.4. The number of halogens is 1. The van der Waals surface area contributed by atoms with Gasteiger partial charge in [0.1, 0.15) is 17.1 Å². The summed E-state index contributed by atoms with van der Waals surface area (Å²) < 4.78 is 11.9. The van der Waals surface area contributed by atoms with Crippen molar-refractivity contribution in [3.8, 4) is 11.5 Å². The largest absolute Gasteiger partial charge is 0.497 e. The van der Waals surface area contributed by atoms with Gasteiger partial charge in [-0.15, -0.1) is 0 Å². The Morgan fingerprint density at radius 3 is 2.24 bits per heavy atom. The predicted molar refractivity (Wildman–Crippen MR) is 119 cm³/mol. The molecule has 0 amide bonds. The molecule has 0 aromatic heterocycles. The molecule has 0 fully saturated rings. The molecule has 150 valence electrons. The van der Waals surface area contributed by atoms with E-state index in [2.05, 4.69) is 55.1 Å². The lowest BCUT2D eigenvalue weighted by Crippen LogP contribution is -2.49. The van der Waals surface area contributed by atoms with Gasteiger partial charge in [-0.25, -0.2) is 0 Å². The van der Waals surface area contributed by atoms with E-state index in [9.17, 15) is 0 Å². The lowest BCUT2D eigenvalue weighted by molar-refractivity contribution is 0.0734. The van der Waals surface area contributed by atoms with Gasteiger partial charge < -0.3 is 14.4 Å². The van der Waals surface area contributed by atoms with Crippen LogP contribution in [0.2, 0.25) is 5.02 Å². The van der Waals surface area contributed by atoms with Crippen LogP contribution in [0.3, 0.4) is 0 Å². The van der Waals surface area contributed by atoms with E-state index in [1.165, 1.54) is 11.1 Å². The normalized spacial score (nSPS) is 16.3. The molecule has 0 spiro atoms. The first-order valence-electron chi connectivity index (χ1n) is 9.91. The molecule has 0 saturated heterocycles. The van der Waals surface area contributed by atoms with Crippen molar-refractivity contribution >= 4 is 17.3 Å². The number of benzene rings is 3. The topological polar surface area (TPSA) is 21.7 Å². The lowest BCUT2D eigenvalue weighted by Gasteiger charge is -2.47. The molecule has 0 aliphatic carbocycles. The van der Waals surface area contributed by atoms with Crippen molar-refractivity contribution in [3.63, 3.8) is 0 Å². The van der Waals surface area contributed by atoms with Crippen molar-refractivity contribution in [1.82, 2.24) is 0 Å². The minimum Gasteiger partial charge on any atom is -0.497 e. The van der Waals surface area contributed by atoms with Crippen molar-refractivity contribution in [3.05, 3.63) is 88.9 Å². The average molecular weight is 408 g/mol. The molecule has 0 bridgehead atoms. The smallest absolute Gasteiger partial charge is 0.128 e. The van der Waals surface area contributed by atoms with Gasteiger partial charge in [0.15, 0.2) is 0 Å². The highest BCUT2D eigenvalue weighted by atomic mass is 35.5. The van der Waals surface area contributed by atoms with Gasteiger partial charge in [0.25, 0.3) is 0 Å². The third-order valence-electron chi connectivity index (χ3n) is 5.54. The van der Waals surface area contributed by atoms with E-state index in [0.717, 1.165) is 30.2 Å². The van der Waals surface area contributed by atoms with Crippen LogP contribution in [0, 0.1) is 0 Å². The maximum absolute atomic E-state index is 6.52. The molecule has 0 N–H and O–H groups in total. The van der Waals surface area contributed by atoms with E-state index in [1.54, 1.807) is 7.11 Å². The number of fused-ring (bicyclic) bond motifs is 1. The quantitative estimate of drug-likeness (QED) is 0.494. The standard InChI is InChI=1S/C25H26ClNO2/c1-25(2,29-22-12-8-19(26)9-13-22)24-23-7-5-4-6-18(23)16-17-27(24)20-10-14-21(28-3)15-11-20/h4-15,24H,16-17H2,1-3H3. The summed E-state index contributed by atoms with van der Waals surface area (Å²) in [4.78, 5) is 2.44. The summed E-state index contributed by atoms with van der Waals surface area (Å²) in [5.74, 6) is 1.68. The first-order chi connectivity index (χ1) is 14.0. The second-order valence-corrected chi connectivity index (χ2v) is 8.34. The number of hydrogen-bond acceptors (Lipinski definition) is 3. The summed E-state index contributed by atoms with van der Waals surface area (Å²) in [7, 11) is 1.69. The Morgan fingerprint density at radius 2 is 1.55 bits per heavy atom. The van der Waals surface area contributed by atoms with Crippen LogP contribution in [0.15, 0.2) is 72.8 Å². The number of nitrogens with zero attached hydrogens (tertiary/aromatic N) is 1. The summed E-state index contributed by atoms with van der Waals surface area (Å²) in [6.07, 6.45) is 1.01. The highest BCUT2D eigenvalue weighted by molar-refractivity contribution is 6.30. The third-order valence-corrected chi connectivity index (χ3v) is 5.79. The molecular weight excluding hydrogens is 382 g/mol. The third kappa shape index (κ3) is 4.06. The van der Waals surface area contributed by atoms with Crippen molar-refractivity contribution in [2.75, 3.05) is 18.6 Å². The van der Waals surface area contributed by atoms with Gasteiger partial charge in [0.2, 0.25) is 0 Å². The Labute approximate surface area is 177 Å². The van der Waals surface area contributed by atoms with Gasteiger partial charge in [-0.2, -0.15) is 0 Å². The fourth-order valence-electron chi connectivity index (χ4n) is 4.23. The molecule has 3 aromatic rings. The number of hydrogen-bond donors (Lipinski definition) is 0. The summed E-state index contributed by atoms with van der Waals surface area (Å²) in [5.41, 5.74) is 3.39. The van der Waals surface area contributed by atoms with E-state index in [-0.39, 0.29) is 6.04 Å². The molecule has 1 aliphatic rings. The van der Waals surface area contributed by atoms with E-state index >= 15 is 0 Å². The minimum absolute atomic E-state index is 0.0662. The molecule has 3 aromatic carbocycles. The van der Waals surface area contributed by atoms with Crippen molar-refractivity contribution in [1.29, 1.82) is 0 Å². The predicted octanol–water partition coefficient (Wildman–Crippen LogP) is 6.31. The Hall–Kier alpha value is -2.65. The van der Waals surface area contributed by atoms with Gasteiger partial charge in [0, 0.05) is 17.3 Å². The Balaban J connectivity index is 1.74. The highest BCUT2D eigenvalue weighted by Crippen LogP contribution is 2.42. The molecular formula is C25H26ClNO2. The Bertz CT molecular complexity index is 967. The van der Waals surface area contributed by atoms with Crippen molar-refractivity contribution < 1.29 is 9.47 Å². The zero-order valence-electron chi connectivity index (χ0n) is 17.1. The SMILES string of the molecule is COc1ccc(N2CCc3ccccc3C2C(C)(C)Oc2ccc(Cl)cc2)cc1. The number of anilines is 1. The maximum atomic E-state index is 6.52. The van der Waals surface area contributed by atoms with Crippen LogP contribution >= 0.6 is 11.6 Å². The van der Waals surface area contributed by atoms with Crippen LogP contribution in [0.4, 0.5) is 5.69 Å². The van der Waals surface area contributed by atoms with E-state index in [4.69, 9.17) is 21.1 Å². The molecule has 1 unspecified atom stereocenters. The van der Waals surface area contributed by atoms with E-state index in [1.807, 2.05) is 36.4 Å². The first-order valence-corrected chi connectivity index (χ1v) is 10.3. The van der Waals surface area contributed by atoms with Gasteiger partial charge in [-0.3, -0.25) is 0 Å². The minimum atomic E-state index is -0.468. The van der Waals surface area contributed by atoms with Crippen molar-refractivity contribution in [2.45, 2.75) is 31.9 Å². The fraction of sp³-hybridized carbons (Fsp3) is 0.280. The fourth-order valence-corrected chi connectivity index (χ4v) is 4.36. The molecule has 1 atom stereocenters. The van der Waals surface area contributed by atoms with Crippen molar-refractivity contribution in [2.24, 2.45) is 0 Å². The summed E-state index contributed by atoms with van der Waals surface area (Å²) >= 11 is 6.05. The van der Waals surface area contributed by atoms with E-state index < -0.39 is 5.60 Å². The van der Waals surface area contributed by atoms with Crippen LogP contribution in [-0.2, 0) is 6.42 Å². The number of ether oxygens (including phenoxy) is 2. The Kier molecular flexibility index (Phi) is 5.42. The van der Waals surface area contributed by atoms with Gasteiger partial charge >= 0.3 is 0 Å². The van der Waals surface area contributed by atoms with Crippen LogP contribution < -0.4 is 14.4 Å². The van der Waals surface area contributed by atoms with Crippen LogP contribution in [0.25, 0.3) is 0 Å². The molecule has 29 heavy (non-hydrogen) atoms. The van der Waals surface area contributed by atoms with Crippen LogP contribution in [-0.4, -0.2) is 19.3 Å². The van der Waals surface area contributed by atoms with Gasteiger partial charge in [0.05, 0.1) is 13.2 Å². The first kappa shape index (κ1) is 19.7. The number of rotatable bonds is 5. The molecule has 3 nitrogen and oxygen atoms in total. The lowest BCUT2D eigenvalue weighted by atomic mass is 9.83. The molecule has 1 heterocycles. The molecule has 1 aliphatic heterocycles. The Morgan fingerprint density at radius 1 is 0.897 bits per heavy atom. The molecule has 4 rings (SSSR count). The van der Waals surface area contributed by atoms with Crippen LogP contribution in [0.1, 0.15) is 31.0 Å². The van der Waals surface area contributed by atoms with Gasteiger partial charge in [-0.05, 0) is 79.9 Å². The summed E-state index contributed by atoms with van der Waals surface area (Å²) in [6.45, 7) is 5.25. The monoisotopic (exact) mass is 407 g/mol. The average Bonchev–Trinajstić information content (AvgIpc) is 2.74. The van der Waals surface area contributed by atoms with E-state index in [0.29, 0.717) is 5.02 Å². The second-order valence-electron chi connectivity index (χ2n) is 7.90. The highest BCUT2D eigenvalue weighted by Gasteiger charge is 2.41. The molecule has 0 radical (unpaired) electrons. The van der Waals surface area contributed by atoms with Crippen LogP contribution in [0.5, 0.6) is 11.5 Å². The van der Waals surface area contributed by atoms with Gasteiger partial charge in [-0.1, -0.05) is 35.9 Å². The molecule has 0 saturated carbocycles. The maximum Gasteiger partial charge on any atom is 0.128 e. The summed E-state index contributed by atoms with van der Waals surface area (Å²) in [6, 6.07) is 24.6. The molecule has 4 heteroatoms. The second kappa shape index (κ2) is 8.00. The summed E-state index contributed by atoms with van der Waals surface area (Å²) in [5, 5.41) is 0.707.